The van der Waals surface area contributed by atoms with Crippen LogP contribution in [0.4, 0.5) is 4.79 Å². The molecular weight excluding hydrogens is 661 g/mol. The summed E-state index contributed by atoms with van der Waals surface area (Å²) in [5.41, 5.74) is 8.43. The van der Waals surface area contributed by atoms with Crippen LogP contribution in [-0.4, -0.2) is 46.9 Å². The molecule has 0 radical (unpaired) electrons. The fourth-order valence-electron chi connectivity index (χ4n) is 6.58. The molecule has 3 N–H and O–H groups in total. The van der Waals surface area contributed by atoms with Crippen LogP contribution in [0.3, 0.4) is 0 Å². The minimum atomic E-state index is -1.10. The average Bonchev–Trinajstić information content (AvgIpc) is 3.45. The quantitative estimate of drug-likeness (QED) is 0.0787. The first-order chi connectivity index (χ1) is 24.2. The van der Waals surface area contributed by atoms with Crippen LogP contribution in [-0.2, 0) is 15.1 Å². The summed E-state index contributed by atoms with van der Waals surface area (Å²) in [4.78, 5) is 25.1. The second-order valence-corrected chi connectivity index (χ2v) is 16.2. The first kappa shape index (κ1) is 35.3. The van der Waals surface area contributed by atoms with Crippen LogP contribution in [0.2, 0.25) is 0 Å². The van der Waals surface area contributed by atoms with Crippen LogP contribution in [0.1, 0.15) is 53.1 Å². The molecule has 0 fully saturated rings. The normalized spacial score (nSPS) is 13.3. The molecule has 6 nitrogen and oxygen atoms in total. The van der Waals surface area contributed by atoms with Crippen LogP contribution in [0, 0.1) is 6.92 Å². The van der Waals surface area contributed by atoms with Crippen molar-refractivity contribution in [1.29, 1.82) is 0 Å². The number of benzene rings is 5. The number of hydrogen-bond donors (Lipinski definition) is 3. The van der Waals surface area contributed by atoms with Crippen molar-refractivity contribution in [2.75, 3.05) is 18.9 Å². The molecule has 5 aromatic carbocycles. The topological polar surface area (TPSA) is 87.7 Å². The summed E-state index contributed by atoms with van der Waals surface area (Å²) >= 11 is 0. The lowest BCUT2D eigenvalue weighted by atomic mass is 9.76. The second kappa shape index (κ2) is 15.6. The standard InChI is InChI=1S/C42H42N2O4S2/c1-29-22-24-32(25-23-29)42(30-14-6-4-7-15-30,31-16-8-5-9-17-31)43-28-41(2,3)50-49-27-38(39(45)46)44-40(47)48-26-37-35-20-12-10-18-33(35)34-19-11-13-21-36(34)37/h4-25,37-38,43H,26-28H2,1-3H3,(H,44,47)(H,45,46)/t38-/m0/s1. The Labute approximate surface area is 302 Å². The third-order valence-electron chi connectivity index (χ3n) is 9.13. The Balaban J connectivity index is 1.10. The van der Waals surface area contributed by atoms with E-state index in [9.17, 15) is 14.7 Å². The van der Waals surface area contributed by atoms with Crippen molar-refractivity contribution >= 4 is 33.7 Å². The van der Waals surface area contributed by atoms with Gasteiger partial charge in [0.1, 0.15) is 12.6 Å². The number of aryl methyl sites for hydroxylation is 1. The van der Waals surface area contributed by atoms with Crippen LogP contribution in [0.15, 0.2) is 133 Å². The Bertz CT molecular complexity index is 1830. The SMILES string of the molecule is Cc1ccc(C(NCC(C)(C)SSC[C@H](NC(=O)OCC2c3ccccc3-c3ccccc32)C(=O)O)(c2ccccc2)c2ccccc2)cc1. The molecular formula is C42H42N2O4S2. The van der Waals surface area contributed by atoms with Gasteiger partial charge in [0.25, 0.3) is 0 Å². The summed E-state index contributed by atoms with van der Waals surface area (Å²) in [6.07, 6.45) is -0.737. The maximum atomic E-state index is 12.9. The molecule has 6 rings (SSSR count). The molecule has 0 heterocycles. The van der Waals surface area contributed by atoms with Crippen LogP contribution in [0.5, 0.6) is 0 Å². The van der Waals surface area contributed by atoms with Crippen molar-refractivity contribution in [2.24, 2.45) is 0 Å². The zero-order valence-corrected chi connectivity index (χ0v) is 30.1. The number of carboxylic acid groups (broad SMARTS) is 1. The van der Waals surface area contributed by atoms with Gasteiger partial charge in [-0.05, 0) is 59.7 Å². The predicted octanol–water partition coefficient (Wildman–Crippen LogP) is 9.03. The molecule has 1 aliphatic rings. The number of amides is 1. The van der Waals surface area contributed by atoms with Gasteiger partial charge in [-0.1, -0.05) is 161 Å². The Kier molecular flexibility index (Phi) is 11.0. The van der Waals surface area contributed by atoms with Crippen molar-refractivity contribution in [3.8, 4) is 11.1 Å². The highest BCUT2D eigenvalue weighted by Crippen LogP contribution is 2.45. The second-order valence-electron chi connectivity index (χ2n) is 13.2. The summed E-state index contributed by atoms with van der Waals surface area (Å²) in [7, 11) is 3.03. The van der Waals surface area contributed by atoms with Gasteiger partial charge >= 0.3 is 12.1 Å². The lowest BCUT2D eigenvalue weighted by Crippen LogP contribution is -2.49. The molecule has 0 unspecified atom stereocenters. The van der Waals surface area contributed by atoms with E-state index < -0.39 is 23.6 Å². The highest BCUT2D eigenvalue weighted by Gasteiger charge is 2.38. The van der Waals surface area contributed by atoms with Crippen molar-refractivity contribution in [2.45, 2.75) is 43.0 Å². The van der Waals surface area contributed by atoms with Crippen molar-refractivity contribution in [1.82, 2.24) is 10.6 Å². The fourth-order valence-corrected chi connectivity index (χ4v) is 9.21. The van der Waals surface area contributed by atoms with Gasteiger partial charge in [-0.3, -0.25) is 5.32 Å². The number of carboxylic acids is 1. The fraction of sp³-hybridized carbons (Fsp3) is 0.238. The Morgan fingerprint density at radius 1 is 0.740 bits per heavy atom. The van der Waals surface area contributed by atoms with Crippen LogP contribution in [0.25, 0.3) is 11.1 Å². The monoisotopic (exact) mass is 702 g/mol. The zero-order valence-electron chi connectivity index (χ0n) is 28.5. The highest BCUT2D eigenvalue weighted by atomic mass is 33.1. The van der Waals surface area contributed by atoms with E-state index in [1.54, 1.807) is 10.8 Å². The molecule has 1 aliphatic carbocycles. The first-order valence-electron chi connectivity index (χ1n) is 16.8. The Morgan fingerprint density at radius 3 is 1.78 bits per heavy atom. The number of alkyl carbamates (subject to hydrolysis) is 1. The largest absolute Gasteiger partial charge is 0.480 e. The van der Waals surface area contributed by atoms with Gasteiger partial charge in [0.15, 0.2) is 0 Å². The van der Waals surface area contributed by atoms with Crippen LogP contribution >= 0.6 is 21.6 Å². The number of nitrogens with one attached hydrogen (secondary N) is 2. The van der Waals surface area contributed by atoms with Crippen molar-refractivity contribution in [3.63, 3.8) is 0 Å². The first-order valence-corrected chi connectivity index (χ1v) is 19.1. The summed E-state index contributed by atoms with van der Waals surface area (Å²) in [6.45, 7) is 7.11. The lowest BCUT2D eigenvalue weighted by molar-refractivity contribution is -0.138. The van der Waals surface area contributed by atoms with E-state index in [4.69, 9.17) is 4.74 Å². The molecule has 0 aromatic heterocycles. The third-order valence-corrected chi connectivity index (χ3v) is 12.4. The van der Waals surface area contributed by atoms with Gasteiger partial charge in [0.2, 0.25) is 0 Å². The molecule has 50 heavy (non-hydrogen) atoms. The molecule has 0 saturated heterocycles. The van der Waals surface area contributed by atoms with Gasteiger partial charge < -0.3 is 15.2 Å². The molecule has 5 aromatic rings. The Morgan fingerprint density at radius 2 is 1.24 bits per heavy atom. The zero-order chi connectivity index (χ0) is 35.1. The van der Waals surface area contributed by atoms with E-state index >= 15 is 0 Å². The maximum Gasteiger partial charge on any atom is 0.407 e. The van der Waals surface area contributed by atoms with Crippen LogP contribution < -0.4 is 10.6 Å². The summed E-state index contributed by atoms with van der Waals surface area (Å²) in [5.74, 6) is -1.03. The van der Waals surface area contributed by atoms with E-state index in [1.165, 1.54) is 16.4 Å². The number of fused-ring (bicyclic) bond motifs is 3. The smallest absolute Gasteiger partial charge is 0.407 e. The van der Waals surface area contributed by atoms with Gasteiger partial charge in [-0.25, -0.2) is 9.59 Å². The Hall–Kier alpha value is -4.50. The summed E-state index contributed by atoms with van der Waals surface area (Å²) in [6, 6.07) is 44.7. The highest BCUT2D eigenvalue weighted by molar-refractivity contribution is 8.77. The molecule has 0 aliphatic heterocycles. The number of carbonyl (C=O) groups is 2. The van der Waals surface area contributed by atoms with Gasteiger partial charge in [-0.2, -0.15) is 0 Å². The van der Waals surface area contributed by atoms with E-state index in [2.05, 4.69) is 128 Å². The van der Waals surface area contributed by atoms with Gasteiger partial charge in [0.05, 0.1) is 5.54 Å². The number of ether oxygens (including phenoxy) is 1. The molecule has 0 spiro atoms. The maximum absolute atomic E-state index is 12.9. The van der Waals surface area contributed by atoms with Gasteiger partial charge in [-0.15, -0.1) is 0 Å². The van der Waals surface area contributed by atoms with Crippen molar-refractivity contribution < 1.29 is 19.4 Å². The predicted molar refractivity (Wildman–Crippen MR) is 206 cm³/mol. The number of carbonyl (C=O) groups excluding carboxylic acids is 1. The number of hydrogen-bond acceptors (Lipinski definition) is 6. The summed E-state index contributed by atoms with van der Waals surface area (Å²) < 4.78 is 5.33. The van der Waals surface area contributed by atoms with E-state index in [0.29, 0.717) is 6.54 Å². The lowest BCUT2D eigenvalue weighted by Gasteiger charge is -2.39. The number of rotatable bonds is 14. The van der Waals surface area contributed by atoms with E-state index in [1.807, 2.05) is 36.4 Å². The number of aliphatic carboxylic acids is 1. The van der Waals surface area contributed by atoms with E-state index in [-0.39, 0.29) is 23.0 Å². The minimum Gasteiger partial charge on any atom is -0.480 e. The average molecular weight is 703 g/mol. The van der Waals surface area contributed by atoms with Crippen molar-refractivity contribution in [3.05, 3.63) is 167 Å². The molecule has 8 heteroatoms. The molecule has 0 saturated carbocycles. The molecule has 1 atom stereocenters. The van der Waals surface area contributed by atoms with E-state index in [0.717, 1.165) is 38.9 Å². The third kappa shape index (κ3) is 7.78. The molecule has 256 valence electrons. The molecule has 1 amide bonds. The summed E-state index contributed by atoms with van der Waals surface area (Å²) in [5, 5.41) is 16.5. The van der Waals surface area contributed by atoms with Gasteiger partial charge in [0, 0.05) is 23.0 Å². The minimum absolute atomic E-state index is 0.103. The molecule has 0 bridgehead atoms.